The molecule has 1 aliphatic carbocycles. The molecule has 9 heteroatoms. The number of fused-ring (bicyclic) bond motifs is 3. The lowest BCUT2D eigenvalue weighted by Gasteiger charge is -2.33. The Bertz CT molecular complexity index is 1340. The van der Waals surface area contributed by atoms with Gasteiger partial charge in [-0.15, -0.1) is 0 Å². The van der Waals surface area contributed by atoms with Gasteiger partial charge in [-0.25, -0.2) is 15.0 Å². The van der Waals surface area contributed by atoms with E-state index in [1.54, 1.807) is 13.3 Å². The molecular formula is C27H32FN7O. The second-order valence-electron chi connectivity index (χ2n) is 9.98. The van der Waals surface area contributed by atoms with Crippen molar-refractivity contribution < 1.29 is 9.13 Å². The Balaban J connectivity index is 1.23. The Morgan fingerprint density at radius 1 is 1.00 bits per heavy atom. The van der Waals surface area contributed by atoms with Gasteiger partial charge in [0, 0.05) is 56.0 Å². The van der Waals surface area contributed by atoms with Crippen molar-refractivity contribution in [1.29, 1.82) is 0 Å². The zero-order chi connectivity index (χ0) is 24.5. The number of methoxy groups -OCH3 is 1. The van der Waals surface area contributed by atoms with Crippen LogP contribution in [0.4, 0.5) is 21.8 Å². The maximum Gasteiger partial charge on any atom is 0.237 e. The average Bonchev–Trinajstić information content (AvgIpc) is 3.55. The van der Waals surface area contributed by atoms with E-state index in [0.29, 0.717) is 17.3 Å². The summed E-state index contributed by atoms with van der Waals surface area (Å²) in [5.41, 5.74) is 2.40. The smallest absolute Gasteiger partial charge is 0.237 e. The summed E-state index contributed by atoms with van der Waals surface area (Å²) < 4.78 is 22.1. The summed E-state index contributed by atoms with van der Waals surface area (Å²) in [5.74, 6) is 1.43. The Kier molecular flexibility index (Phi) is 6.39. The first kappa shape index (κ1) is 23.1. The van der Waals surface area contributed by atoms with E-state index in [2.05, 4.69) is 31.2 Å². The summed E-state index contributed by atoms with van der Waals surface area (Å²) >= 11 is 0. The van der Waals surface area contributed by atoms with E-state index in [1.165, 1.54) is 19.0 Å². The minimum absolute atomic E-state index is 0.225. The van der Waals surface area contributed by atoms with E-state index in [4.69, 9.17) is 9.72 Å². The van der Waals surface area contributed by atoms with Gasteiger partial charge < -0.3 is 19.5 Å². The summed E-state index contributed by atoms with van der Waals surface area (Å²) in [5, 5.41) is 4.90. The fourth-order valence-electron chi connectivity index (χ4n) is 5.83. The monoisotopic (exact) mass is 489 g/mol. The average molecular weight is 490 g/mol. The van der Waals surface area contributed by atoms with Crippen LogP contribution in [-0.2, 0) is 4.74 Å². The van der Waals surface area contributed by atoms with Crippen LogP contribution >= 0.6 is 0 Å². The Morgan fingerprint density at radius 2 is 1.83 bits per heavy atom. The van der Waals surface area contributed by atoms with Gasteiger partial charge in [-0.1, -0.05) is 12.8 Å². The summed E-state index contributed by atoms with van der Waals surface area (Å²) in [6.45, 7) is 2.92. The number of nitrogens with one attached hydrogen (secondary N) is 1. The first-order valence-corrected chi connectivity index (χ1v) is 13.0. The molecule has 1 N–H and O–H groups in total. The van der Waals surface area contributed by atoms with E-state index < -0.39 is 5.95 Å². The van der Waals surface area contributed by atoms with E-state index in [1.807, 2.05) is 22.9 Å². The van der Waals surface area contributed by atoms with Crippen LogP contribution in [0.2, 0.25) is 0 Å². The van der Waals surface area contributed by atoms with Crippen LogP contribution in [0.3, 0.4) is 0 Å². The third-order valence-electron chi connectivity index (χ3n) is 7.79. The minimum atomic E-state index is -0.452. The highest BCUT2D eigenvalue weighted by molar-refractivity contribution is 6.06. The standard InChI is InChI=1S/C27H32FN7O/c1-36-15-11-18-9-13-34(14-10-18)20-6-7-23(30-16-20)32-27-31-17-22-21-8-12-29-25(28)24(21)35(26(22)33-27)19-4-2-3-5-19/h6-8,12,16-19H,2-5,9-11,13-15H2,1H3,(H,30,31,32,33). The predicted octanol–water partition coefficient (Wildman–Crippen LogP) is 5.63. The topological polar surface area (TPSA) is 81.0 Å². The molecule has 1 aliphatic heterocycles. The van der Waals surface area contributed by atoms with Gasteiger partial charge in [0.2, 0.25) is 11.9 Å². The van der Waals surface area contributed by atoms with E-state index >= 15 is 0 Å². The summed E-state index contributed by atoms with van der Waals surface area (Å²) in [6.07, 6.45) is 13.0. The maximum absolute atomic E-state index is 14.8. The number of piperidine rings is 1. The Hall–Kier alpha value is -3.33. The van der Waals surface area contributed by atoms with Gasteiger partial charge in [0.05, 0.1) is 11.9 Å². The van der Waals surface area contributed by atoms with Crippen molar-refractivity contribution in [2.24, 2.45) is 5.92 Å². The summed E-state index contributed by atoms with van der Waals surface area (Å²) in [6, 6.07) is 6.14. The summed E-state index contributed by atoms with van der Waals surface area (Å²) in [4.78, 5) is 20.3. The molecule has 0 radical (unpaired) electrons. The van der Waals surface area contributed by atoms with Crippen LogP contribution in [0, 0.1) is 11.9 Å². The highest BCUT2D eigenvalue weighted by atomic mass is 19.1. The Labute approximate surface area is 209 Å². The molecule has 0 unspecified atom stereocenters. The molecule has 0 atom stereocenters. The molecule has 4 aromatic heterocycles. The number of nitrogens with zero attached hydrogens (tertiary/aromatic N) is 6. The predicted molar refractivity (Wildman–Crippen MR) is 139 cm³/mol. The van der Waals surface area contributed by atoms with Crippen molar-refractivity contribution in [1.82, 2.24) is 24.5 Å². The molecule has 0 spiro atoms. The van der Waals surface area contributed by atoms with E-state index in [9.17, 15) is 4.39 Å². The maximum atomic E-state index is 14.8. The molecule has 1 saturated heterocycles. The van der Waals surface area contributed by atoms with E-state index in [0.717, 1.165) is 79.8 Å². The van der Waals surface area contributed by atoms with Crippen LogP contribution in [0.1, 0.15) is 51.0 Å². The van der Waals surface area contributed by atoms with Crippen LogP contribution in [0.5, 0.6) is 0 Å². The molecule has 2 fully saturated rings. The molecular weight excluding hydrogens is 457 g/mol. The van der Waals surface area contributed by atoms with Crippen LogP contribution in [-0.4, -0.2) is 51.3 Å². The van der Waals surface area contributed by atoms with Crippen molar-refractivity contribution in [3.63, 3.8) is 0 Å². The van der Waals surface area contributed by atoms with Gasteiger partial charge in [0.25, 0.3) is 0 Å². The molecule has 188 valence electrons. The van der Waals surface area contributed by atoms with Crippen LogP contribution in [0.25, 0.3) is 21.9 Å². The lowest BCUT2D eigenvalue weighted by atomic mass is 9.94. The first-order chi connectivity index (χ1) is 17.7. The number of aromatic nitrogens is 5. The zero-order valence-electron chi connectivity index (χ0n) is 20.7. The van der Waals surface area contributed by atoms with Crippen molar-refractivity contribution in [3.05, 3.63) is 42.7 Å². The van der Waals surface area contributed by atoms with Crippen molar-refractivity contribution >= 4 is 39.4 Å². The Morgan fingerprint density at radius 3 is 2.58 bits per heavy atom. The highest BCUT2D eigenvalue weighted by Crippen LogP contribution is 2.38. The number of pyridine rings is 2. The van der Waals surface area contributed by atoms with Gasteiger partial charge >= 0.3 is 0 Å². The fourth-order valence-corrected chi connectivity index (χ4v) is 5.83. The van der Waals surface area contributed by atoms with Crippen molar-refractivity contribution in [2.75, 3.05) is 37.0 Å². The van der Waals surface area contributed by atoms with Gasteiger partial charge in [0.1, 0.15) is 17.0 Å². The molecule has 4 aromatic rings. The largest absolute Gasteiger partial charge is 0.385 e. The van der Waals surface area contributed by atoms with Crippen LogP contribution in [0.15, 0.2) is 36.8 Å². The normalized spacial score (nSPS) is 17.4. The molecule has 36 heavy (non-hydrogen) atoms. The first-order valence-electron chi connectivity index (χ1n) is 13.0. The second-order valence-corrected chi connectivity index (χ2v) is 9.98. The van der Waals surface area contributed by atoms with Crippen LogP contribution < -0.4 is 10.2 Å². The second kappa shape index (κ2) is 9.97. The van der Waals surface area contributed by atoms with Crippen molar-refractivity contribution in [2.45, 2.75) is 51.0 Å². The zero-order valence-corrected chi connectivity index (χ0v) is 20.7. The SMILES string of the molecule is COCCC1CCN(c2ccc(Nc3ncc4c5ccnc(F)c5n(C5CCCC5)c4n3)nc2)CC1. The fraction of sp³-hybridized carbons (Fsp3) is 0.481. The van der Waals surface area contributed by atoms with Gasteiger partial charge in [-0.3, -0.25) is 0 Å². The highest BCUT2D eigenvalue weighted by Gasteiger charge is 2.25. The molecule has 2 aliphatic rings. The van der Waals surface area contributed by atoms with Gasteiger partial charge in [0.15, 0.2) is 0 Å². The van der Waals surface area contributed by atoms with Crippen molar-refractivity contribution in [3.8, 4) is 0 Å². The number of halogens is 1. The molecule has 0 amide bonds. The van der Waals surface area contributed by atoms with E-state index in [-0.39, 0.29) is 6.04 Å². The molecule has 8 nitrogen and oxygen atoms in total. The molecule has 0 aromatic carbocycles. The number of hydrogen-bond donors (Lipinski definition) is 1. The summed E-state index contributed by atoms with van der Waals surface area (Å²) in [7, 11) is 1.77. The third kappa shape index (κ3) is 4.36. The molecule has 6 rings (SSSR count). The quantitative estimate of drug-likeness (QED) is 0.337. The third-order valence-corrected chi connectivity index (χ3v) is 7.79. The lowest BCUT2D eigenvalue weighted by Crippen LogP contribution is -2.34. The number of ether oxygens (including phenoxy) is 1. The molecule has 5 heterocycles. The number of rotatable bonds is 7. The van der Waals surface area contributed by atoms with Gasteiger partial charge in [-0.2, -0.15) is 9.37 Å². The lowest BCUT2D eigenvalue weighted by molar-refractivity contribution is 0.170. The number of hydrogen-bond acceptors (Lipinski definition) is 7. The number of anilines is 3. The molecule has 0 bridgehead atoms. The molecule has 1 saturated carbocycles. The minimum Gasteiger partial charge on any atom is -0.385 e. The van der Waals surface area contributed by atoms with Gasteiger partial charge in [-0.05, 0) is 56.2 Å².